The first-order valence-electron chi connectivity index (χ1n) is 7.29. The van der Waals surface area contributed by atoms with Crippen molar-refractivity contribution in [2.45, 2.75) is 13.0 Å². The molecule has 3 nitrogen and oxygen atoms in total. The summed E-state index contributed by atoms with van der Waals surface area (Å²) in [5, 5.41) is 7.35. The summed E-state index contributed by atoms with van der Waals surface area (Å²) < 4.78 is 0.981. The molecule has 0 bridgehead atoms. The Morgan fingerprint density at radius 1 is 1.12 bits per heavy atom. The molecule has 0 unspecified atom stereocenters. The van der Waals surface area contributed by atoms with Crippen LogP contribution in [-0.2, 0) is 0 Å². The van der Waals surface area contributed by atoms with Gasteiger partial charge in [0.25, 0.3) is 0 Å². The molecule has 0 amide bonds. The Bertz CT molecular complexity index is 831. The van der Waals surface area contributed by atoms with Crippen molar-refractivity contribution in [1.82, 2.24) is 10.6 Å². The van der Waals surface area contributed by atoms with E-state index in [9.17, 15) is 4.79 Å². The third-order valence-electron chi connectivity index (χ3n) is 3.82. The first-order chi connectivity index (χ1) is 11.5. The Morgan fingerprint density at radius 3 is 2.38 bits per heavy atom. The van der Waals surface area contributed by atoms with Crippen molar-refractivity contribution in [3.05, 3.63) is 80.4 Å². The molecule has 1 heterocycles. The topological polar surface area (TPSA) is 41.1 Å². The second-order valence-corrected chi connectivity index (χ2v) is 7.22. The number of rotatable bonds is 3. The van der Waals surface area contributed by atoms with E-state index in [1.807, 2.05) is 31.2 Å². The second kappa shape index (κ2) is 7.05. The fourth-order valence-corrected chi connectivity index (χ4v) is 3.32. The highest BCUT2D eigenvalue weighted by Crippen LogP contribution is 2.30. The van der Waals surface area contributed by atoms with E-state index in [0.717, 1.165) is 15.7 Å². The number of hydrogen-bond acceptors (Lipinski definition) is 2. The monoisotopic (exact) mass is 420 g/mol. The Kier molecular flexibility index (Phi) is 5.04. The van der Waals surface area contributed by atoms with Crippen molar-refractivity contribution in [2.24, 2.45) is 0 Å². The maximum atomic E-state index is 13.0. The molecule has 0 saturated carbocycles. The second-order valence-electron chi connectivity index (χ2n) is 5.46. The van der Waals surface area contributed by atoms with E-state index in [2.05, 4.69) is 26.6 Å². The number of carbonyl (C=O) groups is 1. The van der Waals surface area contributed by atoms with Crippen LogP contribution in [0.5, 0.6) is 0 Å². The normalized spacial score (nSPS) is 17.3. The average Bonchev–Trinajstić information content (AvgIpc) is 2.55. The van der Waals surface area contributed by atoms with Crippen LogP contribution < -0.4 is 10.6 Å². The molecule has 1 atom stereocenters. The van der Waals surface area contributed by atoms with Crippen molar-refractivity contribution < 1.29 is 4.79 Å². The highest BCUT2D eigenvalue weighted by Gasteiger charge is 2.30. The average molecular weight is 422 g/mol. The molecule has 2 aromatic carbocycles. The molecule has 122 valence electrons. The van der Waals surface area contributed by atoms with Crippen LogP contribution in [0, 0.1) is 0 Å². The summed E-state index contributed by atoms with van der Waals surface area (Å²) in [6.07, 6.45) is 0. The lowest BCUT2D eigenvalue weighted by Gasteiger charge is -2.30. The van der Waals surface area contributed by atoms with E-state index in [4.69, 9.17) is 23.8 Å². The van der Waals surface area contributed by atoms with E-state index < -0.39 is 0 Å². The number of nitrogens with one attached hydrogen (secondary N) is 2. The van der Waals surface area contributed by atoms with Gasteiger partial charge < -0.3 is 10.6 Å². The molecule has 24 heavy (non-hydrogen) atoms. The fraction of sp³-hybridized carbons (Fsp3) is 0.111. The molecule has 2 N–H and O–H groups in total. The molecule has 0 aromatic heterocycles. The zero-order valence-corrected chi connectivity index (χ0v) is 15.9. The summed E-state index contributed by atoms with van der Waals surface area (Å²) in [6.45, 7) is 1.86. The number of ketones is 1. The molecule has 1 aliphatic heterocycles. The van der Waals surface area contributed by atoms with Gasteiger partial charge in [-0.05, 0) is 61.1 Å². The minimum Gasteiger partial charge on any atom is -0.351 e. The van der Waals surface area contributed by atoms with Crippen LogP contribution in [0.15, 0.2) is 64.3 Å². The number of allylic oxidation sites excluding steroid dienone is 1. The van der Waals surface area contributed by atoms with E-state index in [1.54, 1.807) is 24.3 Å². The minimum atomic E-state index is -0.296. The first kappa shape index (κ1) is 17.1. The Morgan fingerprint density at radius 2 is 1.75 bits per heavy atom. The van der Waals surface area contributed by atoms with Gasteiger partial charge in [-0.1, -0.05) is 39.7 Å². The summed E-state index contributed by atoms with van der Waals surface area (Å²) in [4.78, 5) is 13.0. The molecule has 0 saturated heterocycles. The Balaban J connectivity index is 2.04. The van der Waals surface area contributed by atoms with Crippen molar-refractivity contribution in [2.75, 3.05) is 0 Å². The molecular formula is C18H14BrClN2OS. The number of carbonyl (C=O) groups excluding carboxylic acids is 1. The van der Waals surface area contributed by atoms with Gasteiger partial charge in [0.05, 0.1) is 6.04 Å². The van der Waals surface area contributed by atoms with Gasteiger partial charge in [-0.15, -0.1) is 0 Å². The highest BCUT2D eigenvalue weighted by atomic mass is 79.9. The molecule has 0 fully saturated rings. The van der Waals surface area contributed by atoms with Gasteiger partial charge >= 0.3 is 0 Å². The molecule has 0 radical (unpaired) electrons. The molecular weight excluding hydrogens is 408 g/mol. The lowest BCUT2D eigenvalue weighted by molar-refractivity contribution is 0.102. The van der Waals surface area contributed by atoms with Gasteiger partial charge in [0.1, 0.15) is 0 Å². The van der Waals surface area contributed by atoms with Crippen LogP contribution in [0.25, 0.3) is 0 Å². The van der Waals surface area contributed by atoms with E-state index in [1.165, 1.54) is 0 Å². The van der Waals surface area contributed by atoms with Gasteiger partial charge in [-0.2, -0.15) is 0 Å². The molecule has 0 spiro atoms. The highest BCUT2D eigenvalue weighted by molar-refractivity contribution is 9.10. The van der Waals surface area contributed by atoms with Crippen molar-refractivity contribution >= 4 is 50.6 Å². The molecule has 1 aliphatic rings. The Labute approximate surface area is 159 Å². The van der Waals surface area contributed by atoms with Gasteiger partial charge in [0, 0.05) is 26.3 Å². The van der Waals surface area contributed by atoms with Crippen molar-refractivity contribution in [3.63, 3.8) is 0 Å². The summed E-state index contributed by atoms with van der Waals surface area (Å²) in [6, 6.07) is 14.4. The third kappa shape index (κ3) is 3.53. The largest absolute Gasteiger partial charge is 0.351 e. The standard InChI is InChI=1S/C18H14BrClN2OS/c1-10-15(17(23)12-4-8-14(20)9-5-12)16(22-18(24)21-10)11-2-6-13(19)7-3-11/h2-9,16H,1H3,(H2,21,22,24)/t16-/m1/s1. The number of halogens is 2. The predicted molar refractivity (Wildman–Crippen MR) is 104 cm³/mol. The number of hydrogen-bond donors (Lipinski definition) is 2. The third-order valence-corrected chi connectivity index (χ3v) is 4.82. The molecule has 0 aliphatic carbocycles. The molecule has 3 rings (SSSR count). The summed E-state index contributed by atoms with van der Waals surface area (Å²) >= 11 is 14.6. The van der Waals surface area contributed by atoms with Crippen LogP contribution in [0.2, 0.25) is 5.02 Å². The maximum absolute atomic E-state index is 13.0. The van der Waals surface area contributed by atoms with Crippen molar-refractivity contribution in [1.29, 1.82) is 0 Å². The molecule has 2 aromatic rings. The van der Waals surface area contributed by atoms with Crippen LogP contribution in [-0.4, -0.2) is 10.9 Å². The SMILES string of the molecule is CC1=C(C(=O)c2ccc(Cl)cc2)[C@@H](c2ccc(Br)cc2)NC(=S)N1. The van der Waals surface area contributed by atoms with Crippen molar-refractivity contribution in [3.8, 4) is 0 Å². The first-order valence-corrected chi connectivity index (χ1v) is 8.87. The van der Waals surface area contributed by atoms with Crippen LogP contribution in [0.3, 0.4) is 0 Å². The Hall–Kier alpha value is -1.69. The summed E-state index contributed by atoms with van der Waals surface area (Å²) in [5.41, 5.74) is 2.96. The number of Topliss-reactive ketones (excluding diaryl/α,β-unsaturated/α-hetero) is 1. The van der Waals surface area contributed by atoms with E-state index in [-0.39, 0.29) is 11.8 Å². The lowest BCUT2D eigenvalue weighted by Crippen LogP contribution is -2.44. The van der Waals surface area contributed by atoms with E-state index >= 15 is 0 Å². The smallest absolute Gasteiger partial charge is 0.193 e. The predicted octanol–water partition coefficient (Wildman–Crippen LogP) is 4.78. The minimum absolute atomic E-state index is 0.0559. The van der Waals surface area contributed by atoms with Crippen LogP contribution in [0.4, 0.5) is 0 Å². The summed E-state index contributed by atoms with van der Waals surface area (Å²) in [7, 11) is 0. The zero-order chi connectivity index (χ0) is 17.3. The fourth-order valence-electron chi connectivity index (χ4n) is 2.66. The summed E-state index contributed by atoms with van der Waals surface area (Å²) in [5.74, 6) is -0.0559. The van der Waals surface area contributed by atoms with Gasteiger partial charge in [0.15, 0.2) is 10.9 Å². The number of thiocarbonyl (C=S) groups is 1. The van der Waals surface area contributed by atoms with Gasteiger partial charge in [0.2, 0.25) is 0 Å². The maximum Gasteiger partial charge on any atom is 0.193 e. The lowest BCUT2D eigenvalue weighted by atomic mass is 9.90. The van der Waals surface area contributed by atoms with Gasteiger partial charge in [-0.25, -0.2) is 0 Å². The van der Waals surface area contributed by atoms with E-state index in [0.29, 0.717) is 21.3 Å². The van der Waals surface area contributed by atoms with Crippen LogP contribution >= 0.6 is 39.7 Å². The number of benzene rings is 2. The molecule has 6 heteroatoms. The quantitative estimate of drug-likeness (QED) is 0.553. The van der Waals surface area contributed by atoms with Gasteiger partial charge in [-0.3, -0.25) is 4.79 Å². The zero-order valence-electron chi connectivity index (χ0n) is 12.8. The van der Waals surface area contributed by atoms with Crippen LogP contribution in [0.1, 0.15) is 28.9 Å².